The molecule has 122 valence electrons. The van der Waals surface area contributed by atoms with E-state index in [-0.39, 0.29) is 0 Å². The van der Waals surface area contributed by atoms with Crippen molar-refractivity contribution in [2.45, 2.75) is 24.2 Å². The molecule has 0 atom stereocenters. The standard InChI is InChI=1S/C15H24N4O2S/c1-20-8-3-5-16-14-13-12(4-2-11-22-13)17-15(18-14)19-6-9-21-10-7-19/h2-11H2,1H3,(H,16,17,18). The van der Waals surface area contributed by atoms with Crippen molar-refractivity contribution in [1.29, 1.82) is 0 Å². The van der Waals surface area contributed by atoms with Gasteiger partial charge < -0.3 is 19.7 Å². The fraction of sp³-hybridized carbons (Fsp3) is 0.733. The fourth-order valence-electron chi connectivity index (χ4n) is 2.67. The number of aromatic nitrogens is 2. The van der Waals surface area contributed by atoms with Gasteiger partial charge in [0, 0.05) is 33.4 Å². The molecule has 0 saturated carbocycles. The van der Waals surface area contributed by atoms with Gasteiger partial charge in [0.1, 0.15) is 5.82 Å². The van der Waals surface area contributed by atoms with Gasteiger partial charge in [-0.3, -0.25) is 0 Å². The highest BCUT2D eigenvalue weighted by Crippen LogP contribution is 2.35. The highest BCUT2D eigenvalue weighted by Gasteiger charge is 2.21. The van der Waals surface area contributed by atoms with Gasteiger partial charge in [0.25, 0.3) is 0 Å². The molecule has 3 heterocycles. The van der Waals surface area contributed by atoms with Crippen molar-refractivity contribution >= 4 is 23.5 Å². The molecule has 1 aromatic heterocycles. The summed E-state index contributed by atoms with van der Waals surface area (Å²) in [5, 5.41) is 3.48. The second kappa shape index (κ2) is 7.99. The number of methoxy groups -OCH3 is 1. The minimum Gasteiger partial charge on any atom is -0.385 e. The highest BCUT2D eigenvalue weighted by atomic mass is 32.2. The van der Waals surface area contributed by atoms with Gasteiger partial charge in [-0.25, -0.2) is 4.98 Å². The van der Waals surface area contributed by atoms with Gasteiger partial charge in [-0.2, -0.15) is 4.98 Å². The summed E-state index contributed by atoms with van der Waals surface area (Å²) in [5.41, 5.74) is 1.20. The van der Waals surface area contributed by atoms with E-state index in [1.165, 1.54) is 17.0 Å². The van der Waals surface area contributed by atoms with Gasteiger partial charge in [-0.05, 0) is 25.0 Å². The molecule has 0 unspecified atom stereocenters. The van der Waals surface area contributed by atoms with Crippen LogP contribution >= 0.6 is 11.8 Å². The Morgan fingerprint density at radius 2 is 2.18 bits per heavy atom. The smallest absolute Gasteiger partial charge is 0.227 e. The van der Waals surface area contributed by atoms with Crippen LogP contribution in [-0.4, -0.2) is 62.3 Å². The van der Waals surface area contributed by atoms with Crippen molar-refractivity contribution in [3.8, 4) is 0 Å². The molecule has 6 nitrogen and oxygen atoms in total. The Balaban J connectivity index is 1.78. The third kappa shape index (κ3) is 3.83. The van der Waals surface area contributed by atoms with E-state index in [1.807, 2.05) is 11.8 Å². The first-order valence-corrected chi connectivity index (χ1v) is 8.96. The topological polar surface area (TPSA) is 59.5 Å². The lowest BCUT2D eigenvalue weighted by molar-refractivity contribution is 0.122. The normalized spacial score (nSPS) is 18.1. The Hall–Kier alpha value is -1.05. The minimum absolute atomic E-state index is 0.756. The molecule has 0 aromatic carbocycles. The van der Waals surface area contributed by atoms with Gasteiger partial charge >= 0.3 is 0 Å². The van der Waals surface area contributed by atoms with Crippen LogP contribution in [0.2, 0.25) is 0 Å². The van der Waals surface area contributed by atoms with Crippen molar-refractivity contribution < 1.29 is 9.47 Å². The van der Waals surface area contributed by atoms with E-state index in [9.17, 15) is 0 Å². The van der Waals surface area contributed by atoms with Crippen LogP contribution in [0.3, 0.4) is 0 Å². The number of thioether (sulfide) groups is 1. The molecule has 1 N–H and O–H groups in total. The number of hydrogen-bond donors (Lipinski definition) is 1. The van der Waals surface area contributed by atoms with Gasteiger partial charge in [-0.1, -0.05) is 0 Å². The van der Waals surface area contributed by atoms with Gasteiger partial charge in [0.2, 0.25) is 5.95 Å². The van der Waals surface area contributed by atoms with Crippen LogP contribution in [0.4, 0.5) is 11.8 Å². The summed E-state index contributed by atoms with van der Waals surface area (Å²) in [6.45, 7) is 4.89. The third-order valence-corrected chi connectivity index (χ3v) is 5.05. The first-order valence-electron chi connectivity index (χ1n) is 7.97. The Morgan fingerprint density at radius 1 is 1.32 bits per heavy atom. The van der Waals surface area contributed by atoms with Crippen LogP contribution in [0.15, 0.2) is 4.90 Å². The maximum Gasteiger partial charge on any atom is 0.227 e. The van der Waals surface area contributed by atoms with Crippen molar-refractivity contribution in [2.24, 2.45) is 0 Å². The molecule has 2 aliphatic rings. The van der Waals surface area contributed by atoms with E-state index in [4.69, 9.17) is 19.4 Å². The molecule has 2 aliphatic heterocycles. The van der Waals surface area contributed by atoms with E-state index in [0.29, 0.717) is 0 Å². The summed E-state index contributed by atoms with van der Waals surface area (Å²) >= 11 is 1.87. The molecule has 7 heteroatoms. The first-order chi connectivity index (χ1) is 10.9. The number of nitrogens with one attached hydrogen (secondary N) is 1. The molecule has 0 bridgehead atoms. The average molecular weight is 324 g/mol. The van der Waals surface area contributed by atoms with Gasteiger partial charge in [0.05, 0.1) is 23.8 Å². The van der Waals surface area contributed by atoms with Crippen LogP contribution in [-0.2, 0) is 15.9 Å². The molecule has 0 amide bonds. The maximum absolute atomic E-state index is 5.43. The molecule has 0 spiro atoms. The summed E-state index contributed by atoms with van der Waals surface area (Å²) in [4.78, 5) is 13.1. The van der Waals surface area contributed by atoms with Crippen LogP contribution < -0.4 is 10.2 Å². The van der Waals surface area contributed by atoms with E-state index in [2.05, 4.69) is 10.2 Å². The number of ether oxygens (including phenoxy) is 2. The van der Waals surface area contributed by atoms with E-state index in [1.54, 1.807) is 7.11 Å². The molecular weight excluding hydrogens is 300 g/mol. The van der Waals surface area contributed by atoms with Crippen molar-refractivity contribution in [3.05, 3.63) is 5.69 Å². The number of hydrogen-bond acceptors (Lipinski definition) is 7. The van der Waals surface area contributed by atoms with E-state index in [0.717, 1.165) is 69.8 Å². The van der Waals surface area contributed by atoms with E-state index >= 15 is 0 Å². The summed E-state index contributed by atoms with van der Waals surface area (Å²) in [5.74, 6) is 2.99. The highest BCUT2D eigenvalue weighted by molar-refractivity contribution is 7.99. The Bertz CT molecular complexity index is 495. The van der Waals surface area contributed by atoms with Crippen molar-refractivity contribution in [3.63, 3.8) is 0 Å². The molecule has 22 heavy (non-hydrogen) atoms. The number of anilines is 2. The Labute approximate surface area is 136 Å². The Kier molecular flexibility index (Phi) is 5.75. The van der Waals surface area contributed by atoms with E-state index < -0.39 is 0 Å². The molecule has 1 saturated heterocycles. The molecule has 3 rings (SSSR count). The monoisotopic (exact) mass is 324 g/mol. The SMILES string of the molecule is COCCCNc1nc(N2CCOCC2)nc2c1SCCC2. The summed E-state index contributed by atoms with van der Waals surface area (Å²) in [6, 6.07) is 0. The zero-order valence-electron chi connectivity index (χ0n) is 13.1. The second-order valence-corrected chi connectivity index (χ2v) is 6.58. The summed E-state index contributed by atoms with van der Waals surface area (Å²) in [7, 11) is 1.74. The number of fused-ring (bicyclic) bond motifs is 1. The average Bonchev–Trinajstić information content (AvgIpc) is 2.59. The zero-order valence-corrected chi connectivity index (χ0v) is 14.0. The maximum atomic E-state index is 5.43. The van der Waals surface area contributed by atoms with Crippen LogP contribution in [0.5, 0.6) is 0 Å². The number of rotatable bonds is 6. The number of nitrogens with zero attached hydrogens (tertiary/aromatic N) is 3. The predicted octanol–water partition coefficient (Wildman–Crippen LogP) is 1.80. The third-order valence-electron chi connectivity index (χ3n) is 3.84. The molecule has 0 radical (unpaired) electrons. The summed E-state index contributed by atoms with van der Waals surface area (Å²) in [6.07, 6.45) is 3.22. The lowest BCUT2D eigenvalue weighted by Gasteiger charge is -2.28. The first kappa shape index (κ1) is 15.8. The van der Waals surface area contributed by atoms with Crippen molar-refractivity contribution in [1.82, 2.24) is 9.97 Å². The fourth-order valence-corrected chi connectivity index (χ4v) is 3.73. The zero-order chi connectivity index (χ0) is 15.2. The predicted molar refractivity (Wildman–Crippen MR) is 89.1 cm³/mol. The van der Waals surface area contributed by atoms with Gasteiger partial charge in [-0.15, -0.1) is 11.8 Å². The van der Waals surface area contributed by atoms with Crippen LogP contribution in [0, 0.1) is 0 Å². The molecule has 1 fully saturated rings. The summed E-state index contributed by atoms with van der Waals surface area (Å²) < 4.78 is 10.5. The molecule has 0 aliphatic carbocycles. The number of aryl methyl sites for hydroxylation is 1. The van der Waals surface area contributed by atoms with Crippen molar-refractivity contribution in [2.75, 3.05) is 62.5 Å². The van der Waals surface area contributed by atoms with Crippen LogP contribution in [0.25, 0.3) is 0 Å². The minimum atomic E-state index is 0.756. The largest absolute Gasteiger partial charge is 0.385 e. The Morgan fingerprint density at radius 3 is 3.00 bits per heavy atom. The van der Waals surface area contributed by atoms with Gasteiger partial charge in [0.15, 0.2) is 0 Å². The lowest BCUT2D eigenvalue weighted by Crippen LogP contribution is -2.37. The molecular formula is C15H24N4O2S. The quantitative estimate of drug-likeness (QED) is 0.801. The lowest BCUT2D eigenvalue weighted by atomic mass is 10.2. The van der Waals surface area contributed by atoms with Crippen LogP contribution in [0.1, 0.15) is 18.5 Å². The second-order valence-electron chi connectivity index (χ2n) is 5.47. The molecule has 1 aromatic rings. The number of morpholine rings is 1.